The summed E-state index contributed by atoms with van der Waals surface area (Å²) in [5.41, 5.74) is 2.43. The van der Waals surface area contributed by atoms with Crippen molar-refractivity contribution in [2.24, 2.45) is 10.9 Å². The maximum absolute atomic E-state index is 14.8. The van der Waals surface area contributed by atoms with Gasteiger partial charge in [0.1, 0.15) is 16.5 Å². The van der Waals surface area contributed by atoms with Crippen LogP contribution >= 0.6 is 35.0 Å². The van der Waals surface area contributed by atoms with E-state index in [1.807, 2.05) is 53.2 Å². The normalized spacial score (nSPS) is 27.1. The highest BCUT2D eigenvalue weighted by atomic mass is 35.5. The van der Waals surface area contributed by atoms with Crippen molar-refractivity contribution in [1.82, 2.24) is 19.6 Å². The smallest absolute Gasteiger partial charge is 0.263 e. The predicted molar refractivity (Wildman–Crippen MR) is 189 cm³/mol. The van der Waals surface area contributed by atoms with E-state index in [0.29, 0.717) is 21.4 Å². The number of carbonyl (C=O) groups excluding carboxylic acids is 2. The third-order valence-electron chi connectivity index (χ3n) is 10.4. The lowest BCUT2D eigenvalue weighted by Gasteiger charge is -2.39. The Kier molecular flexibility index (Phi) is 9.56. The van der Waals surface area contributed by atoms with Gasteiger partial charge in [0.05, 0.1) is 6.04 Å². The summed E-state index contributed by atoms with van der Waals surface area (Å²) in [4.78, 5) is 43.5. The van der Waals surface area contributed by atoms with Gasteiger partial charge in [0.25, 0.3) is 5.91 Å². The van der Waals surface area contributed by atoms with Crippen LogP contribution in [0.5, 0.6) is 0 Å². The minimum atomic E-state index is -0.635. The number of aliphatic imine (C=N–C) groups is 1. The first kappa shape index (κ1) is 33.4. The topological polar surface area (TPSA) is 59.5 Å². The molecular weight excluding hydrogens is 637 g/mol. The van der Waals surface area contributed by atoms with Crippen molar-refractivity contribution in [2.45, 2.75) is 89.5 Å². The molecule has 0 spiro atoms. The van der Waals surface area contributed by atoms with Crippen LogP contribution in [-0.2, 0) is 15.1 Å². The molecule has 0 radical (unpaired) electrons. The monoisotopic (exact) mass is 681 g/mol. The molecule has 2 saturated heterocycles. The number of hydrogen-bond acceptors (Lipinski definition) is 6. The second-order valence-corrected chi connectivity index (χ2v) is 15.5. The van der Waals surface area contributed by atoms with Crippen LogP contribution in [0.4, 0.5) is 0 Å². The molecule has 0 saturated carbocycles. The molecule has 0 aromatic heterocycles. The minimum absolute atomic E-state index is 0.0256. The van der Waals surface area contributed by atoms with Gasteiger partial charge in [0.15, 0.2) is 5.17 Å². The van der Waals surface area contributed by atoms with Gasteiger partial charge in [-0.1, -0.05) is 68.2 Å². The van der Waals surface area contributed by atoms with E-state index in [4.69, 9.17) is 28.2 Å². The van der Waals surface area contributed by atoms with Gasteiger partial charge in [-0.15, -0.1) is 0 Å². The highest BCUT2D eigenvalue weighted by molar-refractivity contribution is 8.18. The molecule has 0 aliphatic carbocycles. The number of likely N-dealkylation sites (N-methyl/N-ethyl adjacent to an activating group) is 1. The van der Waals surface area contributed by atoms with Gasteiger partial charge in [-0.2, -0.15) is 0 Å². The first-order valence-corrected chi connectivity index (χ1v) is 18.1. The van der Waals surface area contributed by atoms with E-state index in [1.165, 1.54) is 11.8 Å². The number of benzene rings is 2. The van der Waals surface area contributed by atoms with E-state index in [-0.39, 0.29) is 35.9 Å². The van der Waals surface area contributed by atoms with E-state index >= 15 is 0 Å². The SMILES string of the molecule is CC[C@@H]1CC[C@@H](C(=O)N(C)C2CCN(C)CC2)N1C(=O)C1=C(C(C)C)N2C(=N[C@@](C)(c3ccc(Cl)cc3)[C@H]2c2ccc(Cl)cc2)S1. The van der Waals surface area contributed by atoms with Gasteiger partial charge >= 0.3 is 0 Å². The lowest BCUT2D eigenvalue weighted by atomic mass is 9.81. The predicted octanol–water partition coefficient (Wildman–Crippen LogP) is 7.56. The number of thioether (sulfide) groups is 1. The largest absolute Gasteiger partial charge is 0.341 e. The van der Waals surface area contributed by atoms with Gasteiger partial charge in [-0.05, 0) is 112 Å². The fourth-order valence-electron chi connectivity index (χ4n) is 7.81. The maximum Gasteiger partial charge on any atom is 0.263 e. The van der Waals surface area contributed by atoms with E-state index in [1.54, 1.807) is 0 Å². The summed E-state index contributed by atoms with van der Waals surface area (Å²) in [5, 5.41) is 2.15. The lowest BCUT2D eigenvalue weighted by molar-refractivity contribution is -0.144. The minimum Gasteiger partial charge on any atom is -0.341 e. The van der Waals surface area contributed by atoms with Crippen LogP contribution in [0.3, 0.4) is 0 Å². The van der Waals surface area contributed by atoms with Gasteiger partial charge in [-0.3, -0.25) is 9.59 Å². The molecule has 0 unspecified atom stereocenters. The summed E-state index contributed by atoms with van der Waals surface area (Å²) >= 11 is 14.1. The van der Waals surface area contributed by atoms with Gasteiger partial charge < -0.3 is 19.6 Å². The average molecular weight is 683 g/mol. The third kappa shape index (κ3) is 5.88. The number of fused-ring (bicyclic) bond motifs is 1. The molecule has 6 rings (SSSR count). The van der Waals surface area contributed by atoms with Crippen molar-refractivity contribution < 1.29 is 9.59 Å². The average Bonchev–Trinajstić information content (AvgIpc) is 3.71. The van der Waals surface area contributed by atoms with Crippen molar-refractivity contribution in [1.29, 1.82) is 0 Å². The second kappa shape index (κ2) is 13.2. The molecule has 2 amide bonds. The Hall–Kier alpha value is -2.52. The number of piperidine rings is 1. The van der Waals surface area contributed by atoms with Crippen LogP contribution in [0.25, 0.3) is 0 Å². The van der Waals surface area contributed by atoms with Crippen molar-refractivity contribution in [2.75, 3.05) is 27.2 Å². The zero-order chi connectivity index (χ0) is 32.9. The zero-order valence-electron chi connectivity index (χ0n) is 27.7. The van der Waals surface area contributed by atoms with Crippen LogP contribution in [0.1, 0.15) is 77.0 Å². The summed E-state index contributed by atoms with van der Waals surface area (Å²) in [7, 11) is 4.06. The van der Waals surface area contributed by atoms with Crippen LogP contribution in [0, 0.1) is 5.92 Å². The third-order valence-corrected chi connectivity index (χ3v) is 12.0. The van der Waals surface area contributed by atoms with Crippen LogP contribution in [-0.4, -0.2) is 81.9 Å². The molecule has 246 valence electrons. The molecule has 0 bridgehead atoms. The molecule has 0 N–H and O–H groups in total. The van der Waals surface area contributed by atoms with Gasteiger partial charge in [-0.25, -0.2) is 4.99 Å². The van der Waals surface area contributed by atoms with E-state index in [2.05, 4.69) is 56.7 Å². The number of allylic oxidation sites excluding steroid dienone is 1. The summed E-state index contributed by atoms with van der Waals surface area (Å²) in [6, 6.07) is 15.4. The second-order valence-electron chi connectivity index (χ2n) is 13.7. The number of rotatable bonds is 7. The Bertz CT molecular complexity index is 1540. The Morgan fingerprint density at radius 3 is 2.20 bits per heavy atom. The van der Waals surface area contributed by atoms with E-state index in [0.717, 1.165) is 60.8 Å². The summed E-state index contributed by atoms with van der Waals surface area (Å²) in [6.45, 7) is 10.5. The number of amidine groups is 1. The molecule has 46 heavy (non-hydrogen) atoms. The number of halogens is 2. The van der Waals surface area contributed by atoms with Gasteiger partial charge in [0, 0.05) is 34.9 Å². The molecule has 2 aromatic rings. The maximum atomic E-state index is 14.8. The quantitative estimate of drug-likeness (QED) is 0.302. The van der Waals surface area contributed by atoms with Crippen molar-refractivity contribution in [3.63, 3.8) is 0 Å². The number of amides is 2. The Morgan fingerprint density at radius 1 is 1.00 bits per heavy atom. The van der Waals surface area contributed by atoms with Crippen LogP contribution in [0.2, 0.25) is 10.0 Å². The number of hydrogen-bond donors (Lipinski definition) is 0. The number of carbonyl (C=O) groups is 2. The molecule has 4 aliphatic rings. The van der Waals surface area contributed by atoms with Gasteiger partial charge in [0.2, 0.25) is 5.91 Å². The van der Waals surface area contributed by atoms with Crippen LogP contribution in [0.15, 0.2) is 64.1 Å². The zero-order valence-corrected chi connectivity index (χ0v) is 30.0. The Labute approximate surface area is 288 Å². The highest BCUT2D eigenvalue weighted by Gasteiger charge is 2.54. The highest BCUT2D eigenvalue weighted by Crippen LogP contribution is 2.56. The van der Waals surface area contributed by atoms with E-state index < -0.39 is 11.6 Å². The first-order valence-electron chi connectivity index (χ1n) is 16.5. The van der Waals surface area contributed by atoms with Crippen molar-refractivity contribution in [3.8, 4) is 0 Å². The molecule has 2 aromatic carbocycles. The van der Waals surface area contributed by atoms with E-state index in [9.17, 15) is 9.59 Å². The number of nitrogens with zero attached hydrogens (tertiary/aromatic N) is 5. The standard InChI is InChI=1S/C36H45Cl2N5O2S/c1-7-27-16-17-29(33(44)41(6)28-18-20-40(5)21-19-28)42(27)34(45)31-30(22(2)3)43-32(23-8-12-25(37)13-9-23)36(4,39-35(43)46-31)24-10-14-26(38)15-11-24/h8-15,22,27-29,32H,7,16-21H2,1-6H3/t27-,29+,32-,36+/m1/s1. The molecule has 4 aliphatic heterocycles. The fourth-order valence-corrected chi connectivity index (χ4v) is 9.42. The molecule has 7 nitrogen and oxygen atoms in total. The lowest BCUT2D eigenvalue weighted by Crippen LogP contribution is -2.53. The molecule has 4 heterocycles. The molecule has 10 heteroatoms. The summed E-state index contributed by atoms with van der Waals surface area (Å²) in [6.07, 6.45) is 4.27. The summed E-state index contributed by atoms with van der Waals surface area (Å²) < 4.78 is 0. The summed E-state index contributed by atoms with van der Waals surface area (Å²) in [5.74, 6) is 0.0642. The molecule has 4 atom stereocenters. The molecule has 2 fully saturated rings. The van der Waals surface area contributed by atoms with Crippen LogP contribution < -0.4 is 0 Å². The fraction of sp³-hybridized carbons (Fsp3) is 0.528. The Morgan fingerprint density at radius 2 is 1.61 bits per heavy atom. The first-order chi connectivity index (χ1) is 21.9. The van der Waals surface area contributed by atoms with Crippen molar-refractivity contribution >= 4 is 51.9 Å². The molecular formula is C36H45Cl2N5O2S. The number of likely N-dealkylation sites (tertiary alicyclic amines) is 2. The van der Waals surface area contributed by atoms with Crippen molar-refractivity contribution in [3.05, 3.63) is 80.3 Å². The Balaban J connectivity index is 1.38.